The predicted octanol–water partition coefficient (Wildman–Crippen LogP) is 3.32. The lowest BCUT2D eigenvalue weighted by Crippen LogP contribution is -2.31. The highest BCUT2D eigenvalue weighted by Gasteiger charge is 2.31. The molecule has 0 aromatic rings. The van der Waals surface area contributed by atoms with Gasteiger partial charge in [-0.15, -0.1) is 0 Å². The first-order chi connectivity index (χ1) is 6.61. The molecule has 0 aromatic heterocycles. The number of rotatable bonds is 0. The van der Waals surface area contributed by atoms with E-state index >= 15 is 0 Å². The molecule has 78 valence electrons. The Morgan fingerprint density at radius 2 is 1.93 bits per heavy atom. The zero-order valence-electron chi connectivity index (χ0n) is 9.63. The summed E-state index contributed by atoms with van der Waals surface area (Å²) in [5, 5.41) is 0. The fourth-order valence-corrected chi connectivity index (χ4v) is 2.85. The average molecular weight is 192 g/mol. The zero-order chi connectivity index (χ0) is 10.3. The van der Waals surface area contributed by atoms with Gasteiger partial charge in [0.2, 0.25) is 0 Å². The molecule has 2 rings (SSSR count). The van der Waals surface area contributed by atoms with Gasteiger partial charge in [0.15, 0.2) is 0 Å². The van der Waals surface area contributed by atoms with Gasteiger partial charge in [0, 0.05) is 5.92 Å². The van der Waals surface area contributed by atoms with Gasteiger partial charge >= 0.3 is 0 Å². The van der Waals surface area contributed by atoms with Crippen LogP contribution in [-0.2, 0) is 4.74 Å². The first kappa shape index (κ1) is 9.97. The Morgan fingerprint density at radius 1 is 1.21 bits per heavy atom. The summed E-state index contributed by atoms with van der Waals surface area (Å²) in [5.41, 5.74) is 4.59. The largest absolute Gasteiger partial charge is 0.373 e. The minimum absolute atomic E-state index is 0.306. The third-order valence-corrected chi connectivity index (χ3v) is 3.58. The van der Waals surface area contributed by atoms with E-state index in [1.807, 2.05) is 0 Å². The molecule has 0 fully saturated rings. The lowest BCUT2D eigenvalue weighted by atomic mass is 9.76. The number of hydrogen-bond donors (Lipinski definition) is 0. The van der Waals surface area contributed by atoms with E-state index in [4.69, 9.17) is 4.74 Å². The van der Waals surface area contributed by atoms with Crippen molar-refractivity contribution in [2.24, 2.45) is 11.8 Å². The topological polar surface area (TPSA) is 9.23 Å². The van der Waals surface area contributed by atoms with Gasteiger partial charge in [-0.05, 0) is 37.3 Å². The molecule has 2 aliphatic rings. The Labute approximate surface area is 86.8 Å². The summed E-state index contributed by atoms with van der Waals surface area (Å²) in [4.78, 5) is 0. The molecule has 0 amide bonds. The van der Waals surface area contributed by atoms with Crippen LogP contribution in [0.15, 0.2) is 22.8 Å². The third-order valence-electron chi connectivity index (χ3n) is 3.58. The maximum Gasteiger partial charge on any atom is 0.0799 e. The molecule has 14 heavy (non-hydrogen) atoms. The molecule has 1 nitrogen and oxygen atoms in total. The lowest BCUT2D eigenvalue weighted by molar-refractivity contribution is 0.0540. The van der Waals surface area contributed by atoms with Crippen LogP contribution in [0.5, 0.6) is 0 Å². The van der Waals surface area contributed by atoms with E-state index < -0.39 is 0 Å². The molecule has 0 bridgehead atoms. The van der Waals surface area contributed by atoms with E-state index in [-0.39, 0.29) is 0 Å². The smallest absolute Gasteiger partial charge is 0.0799 e. The summed E-state index contributed by atoms with van der Waals surface area (Å²) in [6.45, 7) is 9.93. The first-order valence-corrected chi connectivity index (χ1v) is 5.64. The molecular formula is C13H20O. The minimum Gasteiger partial charge on any atom is -0.373 e. The molecule has 1 heteroatoms. The monoisotopic (exact) mass is 192 g/mol. The molecule has 1 heterocycles. The molecule has 0 saturated heterocycles. The molecular weight excluding hydrogens is 172 g/mol. The van der Waals surface area contributed by atoms with Crippen LogP contribution >= 0.6 is 0 Å². The summed E-state index contributed by atoms with van der Waals surface area (Å²) in [6, 6.07) is 0. The van der Waals surface area contributed by atoms with E-state index in [2.05, 4.69) is 33.8 Å². The van der Waals surface area contributed by atoms with E-state index in [0.29, 0.717) is 12.0 Å². The summed E-state index contributed by atoms with van der Waals surface area (Å²) in [6.07, 6.45) is 3.88. The van der Waals surface area contributed by atoms with E-state index in [1.54, 1.807) is 5.57 Å². The Bertz CT molecular complexity index is 298. The molecule has 3 unspecified atom stereocenters. The highest BCUT2D eigenvalue weighted by molar-refractivity contribution is 5.42. The van der Waals surface area contributed by atoms with Crippen molar-refractivity contribution < 1.29 is 4.74 Å². The van der Waals surface area contributed by atoms with Gasteiger partial charge in [0.1, 0.15) is 0 Å². The van der Waals surface area contributed by atoms with Gasteiger partial charge in [-0.25, -0.2) is 0 Å². The van der Waals surface area contributed by atoms with Crippen LogP contribution in [0, 0.1) is 11.8 Å². The minimum atomic E-state index is 0.306. The average Bonchev–Trinajstić information content (AvgIpc) is 2.16. The maximum atomic E-state index is 5.78. The van der Waals surface area contributed by atoms with Gasteiger partial charge in [-0.3, -0.25) is 0 Å². The molecule has 1 aliphatic heterocycles. The van der Waals surface area contributed by atoms with E-state index in [0.717, 1.165) is 12.5 Å². The van der Waals surface area contributed by atoms with Crippen LogP contribution in [0.25, 0.3) is 0 Å². The van der Waals surface area contributed by atoms with Crippen molar-refractivity contribution in [3.63, 3.8) is 0 Å². The van der Waals surface area contributed by atoms with Gasteiger partial charge in [0.25, 0.3) is 0 Å². The standard InChI is InChI=1S/C13H20O/c1-8-5-6-9(2)13-11(4)14-7-10(3)12(8)13/h6,8,10-11H,5,7H2,1-4H3. The fourth-order valence-electron chi connectivity index (χ4n) is 2.85. The van der Waals surface area contributed by atoms with Gasteiger partial charge in [0.05, 0.1) is 12.7 Å². The second-order valence-corrected chi connectivity index (χ2v) is 4.77. The van der Waals surface area contributed by atoms with Gasteiger partial charge < -0.3 is 4.74 Å². The van der Waals surface area contributed by atoms with Crippen LogP contribution in [0.1, 0.15) is 34.1 Å². The molecule has 0 N–H and O–H groups in total. The Morgan fingerprint density at radius 3 is 2.57 bits per heavy atom. The van der Waals surface area contributed by atoms with Crippen molar-refractivity contribution in [2.45, 2.75) is 40.2 Å². The number of hydrogen-bond acceptors (Lipinski definition) is 1. The van der Waals surface area contributed by atoms with Crippen molar-refractivity contribution in [2.75, 3.05) is 6.61 Å². The summed E-state index contributed by atoms with van der Waals surface area (Å²) < 4.78 is 5.78. The van der Waals surface area contributed by atoms with Crippen molar-refractivity contribution >= 4 is 0 Å². The summed E-state index contributed by atoms with van der Waals surface area (Å²) in [7, 11) is 0. The molecule has 1 aliphatic carbocycles. The third kappa shape index (κ3) is 1.44. The van der Waals surface area contributed by atoms with Crippen molar-refractivity contribution in [1.29, 1.82) is 0 Å². The predicted molar refractivity (Wildman–Crippen MR) is 59.1 cm³/mol. The molecule has 0 radical (unpaired) electrons. The normalized spacial score (nSPS) is 38.0. The van der Waals surface area contributed by atoms with E-state index in [1.165, 1.54) is 17.6 Å². The Balaban J connectivity index is 2.46. The van der Waals surface area contributed by atoms with Crippen molar-refractivity contribution in [3.05, 3.63) is 22.8 Å². The van der Waals surface area contributed by atoms with Crippen LogP contribution in [0.4, 0.5) is 0 Å². The molecule has 0 spiro atoms. The highest BCUT2D eigenvalue weighted by atomic mass is 16.5. The second-order valence-electron chi connectivity index (χ2n) is 4.77. The second kappa shape index (κ2) is 3.54. The van der Waals surface area contributed by atoms with Gasteiger partial charge in [-0.2, -0.15) is 0 Å². The van der Waals surface area contributed by atoms with Crippen molar-refractivity contribution in [3.8, 4) is 0 Å². The van der Waals surface area contributed by atoms with Crippen LogP contribution in [-0.4, -0.2) is 12.7 Å². The SMILES string of the molecule is CC1=CCC(C)C2=C1C(C)OCC2C. The van der Waals surface area contributed by atoms with Crippen molar-refractivity contribution in [1.82, 2.24) is 0 Å². The number of ether oxygens (including phenoxy) is 1. The fraction of sp³-hybridized carbons (Fsp3) is 0.692. The van der Waals surface area contributed by atoms with Crippen LogP contribution < -0.4 is 0 Å². The summed E-state index contributed by atoms with van der Waals surface area (Å²) >= 11 is 0. The maximum absolute atomic E-state index is 5.78. The Hall–Kier alpha value is -0.560. The summed E-state index contributed by atoms with van der Waals surface area (Å²) in [5.74, 6) is 1.33. The van der Waals surface area contributed by atoms with Gasteiger partial charge in [-0.1, -0.05) is 25.5 Å². The lowest BCUT2D eigenvalue weighted by Gasteiger charge is -2.37. The molecule has 0 saturated carbocycles. The number of allylic oxidation sites excluding steroid dienone is 1. The van der Waals surface area contributed by atoms with Crippen LogP contribution in [0.2, 0.25) is 0 Å². The molecule has 0 aromatic carbocycles. The quantitative estimate of drug-likeness (QED) is 0.572. The first-order valence-electron chi connectivity index (χ1n) is 5.64. The zero-order valence-corrected chi connectivity index (χ0v) is 9.63. The highest BCUT2D eigenvalue weighted by Crippen LogP contribution is 2.39. The Kier molecular flexibility index (Phi) is 2.52. The van der Waals surface area contributed by atoms with E-state index in [9.17, 15) is 0 Å². The van der Waals surface area contributed by atoms with Crippen LogP contribution in [0.3, 0.4) is 0 Å². The molecule has 3 atom stereocenters.